The molecule has 0 saturated heterocycles. The molecule has 8 nitrogen and oxygen atoms in total. The van der Waals surface area contributed by atoms with E-state index in [1.54, 1.807) is 0 Å². The first-order valence-electron chi connectivity index (χ1n) is 9.44. The summed E-state index contributed by atoms with van der Waals surface area (Å²) < 4.78 is 17.6. The summed E-state index contributed by atoms with van der Waals surface area (Å²) in [6.45, 7) is 0. The Bertz CT molecular complexity index is 803. The Balaban J connectivity index is 0.000000225. The lowest BCUT2D eigenvalue weighted by atomic mass is 9.92. The van der Waals surface area contributed by atoms with Crippen molar-refractivity contribution in [1.82, 2.24) is 0 Å². The van der Waals surface area contributed by atoms with Gasteiger partial charge in [0.05, 0.1) is 39.6 Å². The highest BCUT2D eigenvalue weighted by Gasteiger charge is 2.65. The maximum Gasteiger partial charge on any atom is 0.334 e. The average Bonchev–Trinajstić information content (AvgIpc) is 3.35. The maximum absolute atomic E-state index is 11.6. The fraction of sp³-hybridized carbons (Fsp3) is 0.524. The van der Waals surface area contributed by atoms with Crippen LogP contribution in [-0.4, -0.2) is 56.6 Å². The minimum absolute atomic E-state index is 0.0216. The molecule has 3 rings (SSSR count). The summed E-state index contributed by atoms with van der Waals surface area (Å²) in [7, 11) is 5.14. The number of esters is 4. The van der Waals surface area contributed by atoms with E-state index in [0.717, 1.165) is 0 Å². The number of hydrogen-bond acceptors (Lipinski definition) is 8. The van der Waals surface area contributed by atoms with Gasteiger partial charge in [-0.05, 0) is 25.7 Å². The van der Waals surface area contributed by atoms with E-state index in [4.69, 9.17) is 23.2 Å². The van der Waals surface area contributed by atoms with E-state index in [-0.39, 0.29) is 11.8 Å². The van der Waals surface area contributed by atoms with Crippen molar-refractivity contribution in [1.29, 1.82) is 0 Å². The van der Waals surface area contributed by atoms with Crippen molar-refractivity contribution in [2.24, 2.45) is 11.8 Å². The van der Waals surface area contributed by atoms with Gasteiger partial charge in [-0.3, -0.25) is 0 Å². The molecule has 0 bridgehead atoms. The Morgan fingerprint density at radius 2 is 0.968 bits per heavy atom. The highest BCUT2D eigenvalue weighted by molar-refractivity contribution is 6.51. The Morgan fingerprint density at radius 3 is 1.26 bits per heavy atom. The molecular weight excluding hydrogens is 451 g/mol. The first kappa shape index (κ1) is 24.9. The van der Waals surface area contributed by atoms with Crippen molar-refractivity contribution in [3.05, 3.63) is 34.4 Å². The summed E-state index contributed by atoms with van der Waals surface area (Å²) in [5.41, 5.74) is 1.45. The first-order chi connectivity index (χ1) is 14.6. The number of halogens is 2. The second-order valence-electron chi connectivity index (χ2n) is 7.06. The molecule has 0 amide bonds. The van der Waals surface area contributed by atoms with E-state index in [0.29, 0.717) is 48.0 Å². The Hall–Kier alpha value is -2.32. The summed E-state index contributed by atoms with van der Waals surface area (Å²) >= 11 is 12.1. The van der Waals surface area contributed by atoms with Crippen molar-refractivity contribution in [2.45, 2.75) is 30.0 Å². The summed E-state index contributed by atoms with van der Waals surface area (Å²) in [6, 6.07) is 0. The van der Waals surface area contributed by atoms with Crippen LogP contribution in [0.3, 0.4) is 0 Å². The van der Waals surface area contributed by atoms with E-state index in [2.05, 4.69) is 18.9 Å². The van der Waals surface area contributed by atoms with Crippen molar-refractivity contribution in [3.8, 4) is 0 Å². The molecule has 0 spiro atoms. The van der Waals surface area contributed by atoms with E-state index >= 15 is 0 Å². The molecule has 1 saturated carbocycles. The number of ether oxygens (including phenoxy) is 4. The maximum atomic E-state index is 11.6. The van der Waals surface area contributed by atoms with Gasteiger partial charge >= 0.3 is 23.9 Å². The molecule has 0 aromatic heterocycles. The van der Waals surface area contributed by atoms with Gasteiger partial charge in [0.1, 0.15) is 4.33 Å². The molecule has 3 aliphatic carbocycles. The minimum Gasteiger partial charge on any atom is -0.466 e. The molecule has 170 valence electrons. The van der Waals surface area contributed by atoms with Crippen LogP contribution < -0.4 is 0 Å². The predicted octanol–water partition coefficient (Wildman–Crippen LogP) is 2.82. The summed E-state index contributed by atoms with van der Waals surface area (Å²) in [4.78, 5) is 45.7. The molecule has 1 fully saturated rings. The van der Waals surface area contributed by atoms with Crippen LogP contribution in [0, 0.1) is 11.8 Å². The lowest BCUT2D eigenvalue weighted by Gasteiger charge is -2.15. The van der Waals surface area contributed by atoms with Crippen molar-refractivity contribution >= 4 is 47.1 Å². The molecule has 0 heterocycles. The molecule has 0 aromatic carbocycles. The largest absolute Gasteiger partial charge is 0.466 e. The van der Waals surface area contributed by atoms with Gasteiger partial charge in [0.25, 0.3) is 0 Å². The summed E-state index contributed by atoms with van der Waals surface area (Å²) in [5.74, 6) is -1.91. The zero-order valence-corrected chi connectivity index (χ0v) is 19.2. The number of allylic oxidation sites excluding steroid dienone is 2. The number of fused-ring (bicyclic) bond motifs is 1. The van der Waals surface area contributed by atoms with E-state index in [9.17, 15) is 19.2 Å². The fourth-order valence-corrected chi connectivity index (χ4v) is 4.46. The number of hydrogen-bond donors (Lipinski definition) is 0. The molecular formula is C21H24Cl2O8. The van der Waals surface area contributed by atoms with Crippen molar-refractivity contribution < 1.29 is 38.1 Å². The molecule has 0 aromatic rings. The van der Waals surface area contributed by atoms with Gasteiger partial charge in [-0.15, -0.1) is 23.2 Å². The highest BCUT2D eigenvalue weighted by atomic mass is 35.5. The third-order valence-electron chi connectivity index (χ3n) is 5.48. The molecule has 10 heteroatoms. The molecule has 31 heavy (non-hydrogen) atoms. The molecule has 0 radical (unpaired) electrons. The average molecular weight is 475 g/mol. The van der Waals surface area contributed by atoms with Gasteiger partial charge in [0, 0.05) is 23.0 Å². The Morgan fingerprint density at radius 1 is 0.677 bits per heavy atom. The van der Waals surface area contributed by atoms with Crippen LogP contribution in [0.15, 0.2) is 34.4 Å². The summed E-state index contributed by atoms with van der Waals surface area (Å²) in [5, 5.41) is 0. The second kappa shape index (κ2) is 10.3. The lowest BCUT2D eigenvalue weighted by molar-refractivity contribution is -0.139. The quantitative estimate of drug-likeness (QED) is 0.265. The lowest BCUT2D eigenvalue weighted by Crippen LogP contribution is -2.18. The van der Waals surface area contributed by atoms with Crippen LogP contribution in [0.4, 0.5) is 0 Å². The number of carbonyl (C=O) groups excluding carboxylic acids is 4. The summed E-state index contributed by atoms with van der Waals surface area (Å²) in [6.07, 6.45) is 5.26. The number of alkyl halides is 2. The van der Waals surface area contributed by atoms with Gasteiger partial charge < -0.3 is 18.9 Å². The smallest absolute Gasteiger partial charge is 0.334 e. The van der Waals surface area contributed by atoms with Crippen LogP contribution in [0.2, 0.25) is 0 Å². The van der Waals surface area contributed by atoms with E-state index < -0.39 is 28.2 Å². The third kappa shape index (κ3) is 5.30. The van der Waals surface area contributed by atoms with Gasteiger partial charge in [0.2, 0.25) is 0 Å². The van der Waals surface area contributed by atoms with E-state index in [1.807, 2.05) is 12.2 Å². The second-order valence-corrected chi connectivity index (χ2v) is 8.50. The van der Waals surface area contributed by atoms with Crippen LogP contribution in [-0.2, 0) is 38.1 Å². The monoisotopic (exact) mass is 474 g/mol. The van der Waals surface area contributed by atoms with E-state index in [1.165, 1.54) is 28.4 Å². The predicted molar refractivity (Wildman–Crippen MR) is 111 cm³/mol. The minimum atomic E-state index is -0.838. The molecule has 0 aliphatic heterocycles. The zero-order valence-electron chi connectivity index (χ0n) is 17.7. The van der Waals surface area contributed by atoms with Gasteiger partial charge in [-0.2, -0.15) is 0 Å². The zero-order chi connectivity index (χ0) is 23.3. The van der Waals surface area contributed by atoms with Crippen LogP contribution in [0.5, 0.6) is 0 Å². The van der Waals surface area contributed by atoms with Gasteiger partial charge in [0.15, 0.2) is 0 Å². The number of rotatable bonds is 4. The molecule has 0 N–H and O–H groups in total. The number of methoxy groups -OCH3 is 4. The standard InChI is InChI=1S/C11H12Cl2O4.C10H12O4/c1-16-9(14)5-3-7-8(11(7,12)13)4-6(5)10(15)17-2;1-13-9(11)7-5-3-4-6-8(7)10(12)14-2/h7-8H,3-4H2,1-2H3;3-4H,5-6H2,1-2H3. The normalized spacial score (nSPS) is 23.0. The number of carbonyl (C=O) groups is 4. The van der Waals surface area contributed by atoms with Crippen molar-refractivity contribution in [3.63, 3.8) is 0 Å². The Kier molecular flexibility index (Phi) is 8.31. The molecule has 2 unspecified atom stereocenters. The molecule has 3 aliphatic rings. The highest BCUT2D eigenvalue weighted by Crippen LogP contribution is 2.66. The molecule has 2 atom stereocenters. The SMILES string of the molecule is COC(=O)C1=C(C(=O)OC)CC2C(C1)C2(Cl)Cl.COC(=O)C1=C(C(=O)OC)CC=CC1. The van der Waals surface area contributed by atoms with Gasteiger partial charge in [-0.25, -0.2) is 19.2 Å². The first-order valence-corrected chi connectivity index (χ1v) is 10.2. The van der Waals surface area contributed by atoms with Crippen LogP contribution >= 0.6 is 23.2 Å². The topological polar surface area (TPSA) is 105 Å². The van der Waals surface area contributed by atoms with Crippen LogP contribution in [0.1, 0.15) is 25.7 Å². The fourth-order valence-electron chi connectivity index (χ4n) is 3.67. The third-order valence-corrected chi connectivity index (χ3v) is 6.60. The Labute approximate surface area is 190 Å². The van der Waals surface area contributed by atoms with Crippen LogP contribution in [0.25, 0.3) is 0 Å². The van der Waals surface area contributed by atoms with Gasteiger partial charge in [-0.1, -0.05) is 12.2 Å². The van der Waals surface area contributed by atoms with Crippen molar-refractivity contribution in [2.75, 3.05) is 28.4 Å².